The number of nitrogens with one attached hydrogen (secondary N) is 1. The summed E-state index contributed by atoms with van der Waals surface area (Å²) in [5.74, 6) is 1.15. The molecule has 0 amide bonds. The fraction of sp³-hybridized carbons (Fsp3) is 0.280. The molecule has 7 nitrogen and oxygen atoms in total. The van der Waals surface area contributed by atoms with Gasteiger partial charge in [0.2, 0.25) is 0 Å². The van der Waals surface area contributed by atoms with Crippen LogP contribution in [0, 0.1) is 0 Å². The van der Waals surface area contributed by atoms with E-state index in [1.807, 2.05) is 18.2 Å². The summed E-state index contributed by atoms with van der Waals surface area (Å²) in [6, 6.07) is 13.5. The van der Waals surface area contributed by atoms with Gasteiger partial charge >= 0.3 is 0 Å². The number of rotatable bonds is 4. The van der Waals surface area contributed by atoms with Crippen molar-refractivity contribution in [2.45, 2.75) is 26.1 Å². The van der Waals surface area contributed by atoms with Crippen molar-refractivity contribution in [1.29, 1.82) is 0 Å². The lowest BCUT2D eigenvalue weighted by atomic mass is 10.0. The molecule has 0 saturated carbocycles. The first-order chi connectivity index (χ1) is 15.5. The summed E-state index contributed by atoms with van der Waals surface area (Å²) in [7, 11) is 1.59. The van der Waals surface area contributed by atoms with Gasteiger partial charge in [-0.3, -0.25) is 4.79 Å². The zero-order valence-electron chi connectivity index (χ0n) is 18.3. The molecule has 2 aromatic heterocycles. The van der Waals surface area contributed by atoms with Crippen LogP contribution in [0.15, 0.2) is 64.3 Å². The standard InChI is InChI=1S/C25H25N3O4/c1-15-12-28(13-16(2)32-15)18-6-4-5-17(7-18)21-9-23(29)19-8-20(25-11-26-14-31-25)24(30-3)10-22(19)27-21/h4-11,14-16H,12-13H2,1-3H3,(H,27,29). The summed E-state index contributed by atoms with van der Waals surface area (Å²) in [5.41, 5.74) is 4.14. The van der Waals surface area contributed by atoms with Gasteiger partial charge in [0.05, 0.1) is 36.6 Å². The van der Waals surface area contributed by atoms with Crippen LogP contribution in [-0.4, -0.2) is 42.4 Å². The summed E-state index contributed by atoms with van der Waals surface area (Å²) in [6.45, 7) is 5.86. The van der Waals surface area contributed by atoms with Gasteiger partial charge in [-0.25, -0.2) is 4.98 Å². The largest absolute Gasteiger partial charge is 0.496 e. The van der Waals surface area contributed by atoms with E-state index in [0.29, 0.717) is 28.0 Å². The quantitative estimate of drug-likeness (QED) is 0.513. The Labute approximate surface area is 185 Å². The Morgan fingerprint density at radius 3 is 2.66 bits per heavy atom. The Hall–Kier alpha value is -3.58. The molecule has 0 spiro atoms. The van der Waals surface area contributed by atoms with Crippen LogP contribution in [0.5, 0.6) is 5.75 Å². The highest BCUT2D eigenvalue weighted by Crippen LogP contribution is 2.33. The van der Waals surface area contributed by atoms with Crippen molar-refractivity contribution in [2.24, 2.45) is 0 Å². The van der Waals surface area contributed by atoms with E-state index in [9.17, 15) is 4.79 Å². The molecule has 1 N–H and O–H groups in total. The molecule has 3 heterocycles. The van der Waals surface area contributed by atoms with Crippen LogP contribution in [0.4, 0.5) is 5.69 Å². The maximum absolute atomic E-state index is 13.0. The molecule has 4 aromatic rings. The van der Waals surface area contributed by atoms with Crippen LogP contribution in [0.2, 0.25) is 0 Å². The maximum atomic E-state index is 13.0. The van der Waals surface area contributed by atoms with Crippen LogP contribution in [0.3, 0.4) is 0 Å². The Kier molecular flexibility index (Phi) is 5.19. The van der Waals surface area contributed by atoms with Gasteiger partial charge in [-0.05, 0) is 32.0 Å². The second kappa shape index (κ2) is 8.16. The van der Waals surface area contributed by atoms with E-state index in [0.717, 1.165) is 30.0 Å². The first-order valence-electron chi connectivity index (χ1n) is 10.7. The summed E-state index contributed by atoms with van der Waals surface area (Å²) in [4.78, 5) is 22.7. The van der Waals surface area contributed by atoms with Crippen LogP contribution in [0.25, 0.3) is 33.5 Å². The van der Waals surface area contributed by atoms with E-state index in [1.54, 1.807) is 25.4 Å². The second-order valence-corrected chi connectivity index (χ2v) is 8.22. The van der Waals surface area contributed by atoms with Gasteiger partial charge in [-0.15, -0.1) is 0 Å². The fourth-order valence-corrected chi connectivity index (χ4v) is 4.40. The Morgan fingerprint density at radius 2 is 1.94 bits per heavy atom. The molecular weight excluding hydrogens is 406 g/mol. The number of hydrogen-bond donors (Lipinski definition) is 1. The Bertz CT molecular complexity index is 1300. The average Bonchev–Trinajstić information content (AvgIpc) is 3.32. The third kappa shape index (κ3) is 3.76. The van der Waals surface area contributed by atoms with Gasteiger partial charge < -0.3 is 23.8 Å². The lowest BCUT2D eigenvalue weighted by molar-refractivity contribution is -0.00521. The predicted molar refractivity (Wildman–Crippen MR) is 124 cm³/mol. The molecule has 32 heavy (non-hydrogen) atoms. The van der Waals surface area contributed by atoms with Gasteiger partial charge in [0.15, 0.2) is 17.6 Å². The molecule has 2 unspecified atom stereocenters. The van der Waals surface area contributed by atoms with Crippen molar-refractivity contribution in [3.8, 4) is 28.3 Å². The Morgan fingerprint density at radius 1 is 1.12 bits per heavy atom. The molecule has 5 rings (SSSR count). The number of benzene rings is 2. The second-order valence-electron chi connectivity index (χ2n) is 8.22. The number of aromatic amines is 1. The van der Waals surface area contributed by atoms with E-state index in [4.69, 9.17) is 13.9 Å². The summed E-state index contributed by atoms with van der Waals surface area (Å²) >= 11 is 0. The molecule has 1 saturated heterocycles. The highest BCUT2D eigenvalue weighted by atomic mass is 16.5. The van der Waals surface area contributed by atoms with Gasteiger partial charge in [-0.2, -0.15) is 0 Å². The minimum Gasteiger partial charge on any atom is -0.496 e. The van der Waals surface area contributed by atoms with E-state index in [-0.39, 0.29) is 17.6 Å². The summed E-state index contributed by atoms with van der Waals surface area (Å²) in [6.07, 6.45) is 3.31. The van der Waals surface area contributed by atoms with Gasteiger partial charge in [-0.1, -0.05) is 12.1 Å². The van der Waals surface area contributed by atoms with Crippen molar-refractivity contribution in [3.05, 3.63) is 65.3 Å². The number of morpholine rings is 1. The zero-order valence-corrected chi connectivity index (χ0v) is 18.3. The molecule has 2 atom stereocenters. The number of methoxy groups -OCH3 is 1. The van der Waals surface area contributed by atoms with Crippen molar-refractivity contribution in [3.63, 3.8) is 0 Å². The van der Waals surface area contributed by atoms with E-state index < -0.39 is 0 Å². The predicted octanol–water partition coefficient (Wildman–Crippen LogP) is 4.47. The van der Waals surface area contributed by atoms with Crippen molar-refractivity contribution in [1.82, 2.24) is 9.97 Å². The number of fused-ring (bicyclic) bond motifs is 1. The van der Waals surface area contributed by atoms with Crippen molar-refractivity contribution in [2.75, 3.05) is 25.1 Å². The highest BCUT2D eigenvalue weighted by Gasteiger charge is 2.22. The van der Waals surface area contributed by atoms with Crippen LogP contribution < -0.4 is 15.1 Å². The number of oxazole rings is 1. The smallest absolute Gasteiger partial charge is 0.190 e. The third-order valence-corrected chi connectivity index (χ3v) is 5.79. The first-order valence-corrected chi connectivity index (χ1v) is 10.7. The SMILES string of the molecule is COc1cc2[nH]c(-c3cccc(N4CC(C)OC(C)C4)c3)cc(=O)c2cc1-c1cnco1. The number of H-pyrrole nitrogens is 1. The minimum atomic E-state index is -0.0730. The molecule has 1 aliphatic rings. The number of aromatic nitrogens is 2. The lowest BCUT2D eigenvalue weighted by Gasteiger charge is -2.37. The van der Waals surface area contributed by atoms with Gasteiger partial charge in [0.1, 0.15) is 5.75 Å². The Balaban J connectivity index is 1.57. The number of ether oxygens (including phenoxy) is 2. The monoisotopic (exact) mass is 431 g/mol. The summed E-state index contributed by atoms with van der Waals surface area (Å²) < 4.78 is 16.8. The third-order valence-electron chi connectivity index (χ3n) is 5.79. The molecule has 0 aliphatic carbocycles. The van der Waals surface area contributed by atoms with Crippen LogP contribution in [0.1, 0.15) is 13.8 Å². The first kappa shape index (κ1) is 20.3. The number of anilines is 1. The molecule has 2 aromatic carbocycles. The number of hydrogen-bond acceptors (Lipinski definition) is 6. The molecule has 0 bridgehead atoms. The molecular formula is C25H25N3O4. The number of nitrogens with zero attached hydrogens (tertiary/aromatic N) is 2. The van der Waals surface area contributed by atoms with E-state index >= 15 is 0 Å². The lowest BCUT2D eigenvalue weighted by Crippen LogP contribution is -2.45. The molecule has 164 valence electrons. The normalized spacial score (nSPS) is 18.8. The average molecular weight is 431 g/mol. The van der Waals surface area contributed by atoms with Crippen molar-refractivity contribution < 1.29 is 13.9 Å². The molecule has 7 heteroatoms. The zero-order chi connectivity index (χ0) is 22.2. The maximum Gasteiger partial charge on any atom is 0.190 e. The van der Waals surface area contributed by atoms with Crippen LogP contribution >= 0.6 is 0 Å². The van der Waals surface area contributed by atoms with Gasteiger partial charge in [0, 0.05) is 47.6 Å². The van der Waals surface area contributed by atoms with Crippen molar-refractivity contribution >= 4 is 16.6 Å². The number of pyridine rings is 1. The topological polar surface area (TPSA) is 80.6 Å². The highest BCUT2D eigenvalue weighted by molar-refractivity contribution is 5.88. The minimum absolute atomic E-state index is 0.0730. The molecule has 1 fully saturated rings. The molecule has 0 radical (unpaired) electrons. The molecule has 1 aliphatic heterocycles. The summed E-state index contributed by atoms with van der Waals surface area (Å²) in [5, 5.41) is 0.563. The van der Waals surface area contributed by atoms with Crippen LogP contribution in [-0.2, 0) is 4.74 Å². The van der Waals surface area contributed by atoms with Gasteiger partial charge in [0.25, 0.3) is 0 Å². The van der Waals surface area contributed by atoms with E-state index in [1.165, 1.54) is 6.39 Å². The van der Waals surface area contributed by atoms with E-state index in [2.05, 4.69) is 40.8 Å². The fourth-order valence-electron chi connectivity index (χ4n) is 4.40.